The van der Waals surface area contributed by atoms with Crippen LogP contribution in [0.1, 0.15) is 27.2 Å². The normalized spacial score (nSPS) is 14.8. The molecule has 3 heteroatoms. The molecule has 1 unspecified atom stereocenters. The summed E-state index contributed by atoms with van der Waals surface area (Å²) in [4.78, 5) is 2.19. The molecule has 0 saturated heterocycles. The standard InChI is InChI=1S/C11H26N2O/c1-10(9-13(4)5)12-8-7-11(2,3)14-6/h10,12H,7-9H2,1-6H3. The van der Waals surface area contributed by atoms with Crippen LogP contribution in [0.25, 0.3) is 0 Å². The zero-order valence-electron chi connectivity index (χ0n) is 10.6. The van der Waals surface area contributed by atoms with Crippen molar-refractivity contribution in [1.82, 2.24) is 10.2 Å². The molecule has 0 radical (unpaired) electrons. The van der Waals surface area contributed by atoms with Gasteiger partial charge in [0.15, 0.2) is 0 Å². The van der Waals surface area contributed by atoms with Crippen molar-refractivity contribution in [3.8, 4) is 0 Å². The van der Waals surface area contributed by atoms with Crippen LogP contribution < -0.4 is 5.32 Å². The summed E-state index contributed by atoms with van der Waals surface area (Å²) >= 11 is 0. The van der Waals surface area contributed by atoms with E-state index in [1.807, 2.05) is 0 Å². The number of nitrogens with zero attached hydrogens (tertiary/aromatic N) is 1. The Kier molecular flexibility index (Phi) is 6.33. The molecular weight excluding hydrogens is 176 g/mol. The Morgan fingerprint density at radius 2 is 1.93 bits per heavy atom. The van der Waals surface area contributed by atoms with Crippen LogP contribution in [0.3, 0.4) is 0 Å². The second-order valence-electron chi connectivity index (χ2n) is 4.83. The lowest BCUT2D eigenvalue weighted by Crippen LogP contribution is -2.38. The largest absolute Gasteiger partial charge is 0.379 e. The van der Waals surface area contributed by atoms with Gasteiger partial charge >= 0.3 is 0 Å². The molecule has 0 aliphatic carbocycles. The van der Waals surface area contributed by atoms with Crippen molar-refractivity contribution in [2.24, 2.45) is 0 Å². The lowest BCUT2D eigenvalue weighted by molar-refractivity contribution is 0.0153. The first-order chi connectivity index (χ1) is 6.37. The maximum atomic E-state index is 5.35. The van der Waals surface area contributed by atoms with Crippen LogP contribution in [0.2, 0.25) is 0 Å². The Labute approximate surface area is 88.8 Å². The van der Waals surface area contributed by atoms with Gasteiger partial charge in [-0.1, -0.05) is 0 Å². The van der Waals surface area contributed by atoms with Gasteiger partial charge in [-0.2, -0.15) is 0 Å². The first-order valence-corrected chi connectivity index (χ1v) is 5.30. The number of ether oxygens (including phenoxy) is 1. The fourth-order valence-electron chi connectivity index (χ4n) is 1.33. The Morgan fingerprint density at radius 1 is 1.36 bits per heavy atom. The summed E-state index contributed by atoms with van der Waals surface area (Å²) < 4.78 is 5.35. The van der Waals surface area contributed by atoms with Gasteiger partial charge in [0.1, 0.15) is 0 Å². The maximum absolute atomic E-state index is 5.35. The molecule has 0 aromatic carbocycles. The summed E-state index contributed by atoms with van der Waals surface area (Å²) in [7, 11) is 5.96. The highest BCUT2D eigenvalue weighted by atomic mass is 16.5. The Bertz CT molecular complexity index is 146. The molecule has 0 heterocycles. The third kappa shape index (κ3) is 7.30. The van der Waals surface area contributed by atoms with E-state index in [9.17, 15) is 0 Å². The van der Waals surface area contributed by atoms with Gasteiger partial charge in [-0.3, -0.25) is 0 Å². The number of hydrogen-bond acceptors (Lipinski definition) is 3. The van der Waals surface area contributed by atoms with E-state index in [2.05, 4.69) is 45.1 Å². The van der Waals surface area contributed by atoms with Gasteiger partial charge in [-0.05, 0) is 47.8 Å². The van der Waals surface area contributed by atoms with Crippen LogP contribution in [-0.2, 0) is 4.74 Å². The van der Waals surface area contributed by atoms with E-state index in [1.54, 1.807) is 7.11 Å². The van der Waals surface area contributed by atoms with Gasteiger partial charge < -0.3 is 15.0 Å². The van der Waals surface area contributed by atoms with Crippen LogP contribution in [-0.4, -0.2) is 50.8 Å². The van der Waals surface area contributed by atoms with Gasteiger partial charge in [-0.15, -0.1) is 0 Å². The Morgan fingerprint density at radius 3 is 2.36 bits per heavy atom. The second kappa shape index (κ2) is 6.38. The van der Waals surface area contributed by atoms with E-state index >= 15 is 0 Å². The predicted octanol–water partition coefficient (Wildman–Crippen LogP) is 1.34. The molecule has 0 aliphatic rings. The molecule has 0 rings (SSSR count). The molecule has 14 heavy (non-hydrogen) atoms. The smallest absolute Gasteiger partial charge is 0.0634 e. The van der Waals surface area contributed by atoms with Crippen LogP contribution in [0.15, 0.2) is 0 Å². The molecule has 3 nitrogen and oxygen atoms in total. The van der Waals surface area contributed by atoms with Gasteiger partial charge in [0.05, 0.1) is 5.60 Å². The highest BCUT2D eigenvalue weighted by Gasteiger charge is 2.15. The summed E-state index contributed by atoms with van der Waals surface area (Å²) in [5.74, 6) is 0. The van der Waals surface area contributed by atoms with Gasteiger partial charge in [0, 0.05) is 19.7 Å². The molecule has 86 valence electrons. The van der Waals surface area contributed by atoms with E-state index in [4.69, 9.17) is 4.74 Å². The molecule has 1 atom stereocenters. The van der Waals surface area contributed by atoms with Crippen LogP contribution >= 0.6 is 0 Å². The molecule has 0 bridgehead atoms. The van der Waals surface area contributed by atoms with E-state index < -0.39 is 0 Å². The molecule has 0 saturated carbocycles. The molecule has 0 aromatic heterocycles. The second-order valence-corrected chi connectivity index (χ2v) is 4.83. The Hall–Kier alpha value is -0.120. The SMILES string of the molecule is COC(C)(C)CCNC(C)CN(C)C. The van der Waals surface area contributed by atoms with Gasteiger partial charge in [0.2, 0.25) is 0 Å². The van der Waals surface area contributed by atoms with E-state index in [0.717, 1.165) is 19.5 Å². The number of nitrogens with one attached hydrogen (secondary N) is 1. The topological polar surface area (TPSA) is 24.5 Å². The first kappa shape index (κ1) is 13.9. The molecule has 1 N–H and O–H groups in total. The van der Waals surface area contributed by atoms with Crippen molar-refractivity contribution in [2.45, 2.75) is 38.8 Å². The van der Waals surface area contributed by atoms with Crippen molar-refractivity contribution in [2.75, 3.05) is 34.3 Å². The van der Waals surface area contributed by atoms with Crippen molar-refractivity contribution in [1.29, 1.82) is 0 Å². The fourth-order valence-corrected chi connectivity index (χ4v) is 1.33. The van der Waals surface area contributed by atoms with Crippen molar-refractivity contribution in [3.63, 3.8) is 0 Å². The van der Waals surface area contributed by atoms with Gasteiger partial charge in [-0.25, -0.2) is 0 Å². The van der Waals surface area contributed by atoms with Crippen molar-refractivity contribution >= 4 is 0 Å². The van der Waals surface area contributed by atoms with Gasteiger partial charge in [0.25, 0.3) is 0 Å². The highest BCUT2D eigenvalue weighted by molar-refractivity contribution is 4.71. The summed E-state index contributed by atoms with van der Waals surface area (Å²) in [6, 6.07) is 0.539. The first-order valence-electron chi connectivity index (χ1n) is 5.30. The third-order valence-corrected chi connectivity index (χ3v) is 2.41. The zero-order valence-corrected chi connectivity index (χ0v) is 10.6. The maximum Gasteiger partial charge on any atom is 0.0634 e. The quantitative estimate of drug-likeness (QED) is 0.674. The molecular formula is C11H26N2O. The van der Waals surface area contributed by atoms with E-state index in [0.29, 0.717) is 6.04 Å². The monoisotopic (exact) mass is 202 g/mol. The van der Waals surface area contributed by atoms with E-state index in [1.165, 1.54) is 0 Å². The summed E-state index contributed by atoms with van der Waals surface area (Å²) in [5.41, 5.74) is -0.00909. The van der Waals surface area contributed by atoms with Crippen LogP contribution in [0.4, 0.5) is 0 Å². The summed E-state index contributed by atoms with van der Waals surface area (Å²) in [6.45, 7) is 8.53. The lowest BCUT2D eigenvalue weighted by Gasteiger charge is -2.25. The summed E-state index contributed by atoms with van der Waals surface area (Å²) in [5, 5.41) is 3.48. The lowest BCUT2D eigenvalue weighted by atomic mass is 10.1. The molecule has 0 amide bonds. The fraction of sp³-hybridized carbons (Fsp3) is 1.00. The average molecular weight is 202 g/mol. The zero-order chi connectivity index (χ0) is 11.2. The van der Waals surface area contributed by atoms with E-state index in [-0.39, 0.29) is 5.60 Å². The summed E-state index contributed by atoms with van der Waals surface area (Å²) in [6.07, 6.45) is 1.04. The van der Waals surface area contributed by atoms with Crippen LogP contribution in [0, 0.1) is 0 Å². The number of likely N-dealkylation sites (N-methyl/N-ethyl adjacent to an activating group) is 1. The Balaban J connectivity index is 3.53. The van der Waals surface area contributed by atoms with Crippen LogP contribution in [0.5, 0.6) is 0 Å². The number of methoxy groups -OCH3 is 1. The highest BCUT2D eigenvalue weighted by Crippen LogP contribution is 2.11. The number of rotatable bonds is 7. The predicted molar refractivity (Wildman–Crippen MR) is 61.7 cm³/mol. The van der Waals surface area contributed by atoms with Crippen molar-refractivity contribution in [3.05, 3.63) is 0 Å². The minimum atomic E-state index is -0.00909. The minimum Gasteiger partial charge on any atom is -0.379 e. The molecule has 0 aliphatic heterocycles. The third-order valence-electron chi connectivity index (χ3n) is 2.41. The number of hydrogen-bond donors (Lipinski definition) is 1. The molecule has 0 spiro atoms. The molecule has 0 aromatic rings. The molecule has 0 fully saturated rings. The minimum absolute atomic E-state index is 0.00909. The van der Waals surface area contributed by atoms with Crippen molar-refractivity contribution < 1.29 is 4.74 Å². The average Bonchev–Trinajstić information content (AvgIpc) is 2.02.